The van der Waals surface area contributed by atoms with E-state index in [2.05, 4.69) is 10.6 Å². The molecule has 4 aromatic rings. The van der Waals surface area contributed by atoms with Gasteiger partial charge in [0.25, 0.3) is 0 Å². The average molecular weight is 645 g/mol. The number of anilines is 2. The maximum absolute atomic E-state index is 13.4. The highest BCUT2D eigenvalue weighted by Gasteiger charge is 2.24. The normalized spacial score (nSPS) is 10.7. The Bertz CT molecular complexity index is 1500. The van der Waals surface area contributed by atoms with E-state index in [1.165, 1.54) is 72.9 Å². The minimum Gasteiger partial charge on any atom is -0.465 e. The monoisotopic (exact) mass is 644 g/mol. The van der Waals surface area contributed by atoms with Crippen LogP contribution in [0.15, 0.2) is 59.3 Å². The molecule has 0 unspecified atom stereocenters. The van der Waals surface area contributed by atoms with E-state index >= 15 is 0 Å². The summed E-state index contributed by atoms with van der Waals surface area (Å²) >= 11 is 3.73. The molecular weight excluding hydrogens is 619 g/mol. The Morgan fingerprint density at radius 3 is 1.40 bits per heavy atom. The zero-order valence-corrected chi connectivity index (χ0v) is 25.5. The van der Waals surface area contributed by atoms with E-state index in [0.717, 1.165) is 0 Å². The number of halogens is 2. The average Bonchev–Trinajstić information content (AvgIpc) is 3.61. The van der Waals surface area contributed by atoms with Gasteiger partial charge in [0.1, 0.15) is 32.8 Å². The summed E-state index contributed by atoms with van der Waals surface area (Å²) in [5.41, 5.74) is 2.66. The molecule has 0 spiro atoms. The number of rotatable bonds is 12. The molecule has 0 aliphatic carbocycles. The molecule has 2 amide bonds. The van der Waals surface area contributed by atoms with Crippen molar-refractivity contribution in [3.8, 4) is 22.3 Å². The molecule has 0 bridgehead atoms. The molecule has 0 fully saturated rings. The van der Waals surface area contributed by atoms with Gasteiger partial charge < -0.3 is 20.1 Å². The number of thiophene rings is 2. The van der Waals surface area contributed by atoms with Gasteiger partial charge >= 0.3 is 11.9 Å². The number of esters is 2. The lowest BCUT2D eigenvalue weighted by Crippen LogP contribution is -2.16. The Labute approximate surface area is 258 Å². The molecule has 2 aromatic carbocycles. The van der Waals surface area contributed by atoms with Crippen molar-refractivity contribution in [2.45, 2.75) is 12.8 Å². The number of hydrogen-bond acceptors (Lipinski definition) is 9. The summed E-state index contributed by atoms with van der Waals surface area (Å²) in [4.78, 5) is 50.2. The minimum absolute atomic E-state index is 0.134. The van der Waals surface area contributed by atoms with Crippen LogP contribution in [0.2, 0.25) is 0 Å². The SMILES string of the molecule is COC(=O)c1c(-c2ccc(F)cc2)csc1NC(=O)CCSCCC(=O)Nc1scc(-c2ccc(F)cc2)c1C(=O)OC. The van der Waals surface area contributed by atoms with Gasteiger partial charge in [-0.1, -0.05) is 24.3 Å². The van der Waals surface area contributed by atoms with Crippen LogP contribution in [-0.2, 0) is 19.1 Å². The van der Waals surface area contributed by atoms with Crippen LogP contribution >= 0.6 is 34.4 Å². The number of thioether (sulfide) groups is 1. The van der Waals surface area contributed by atoms with Crippen LogP contribution in [-0.4, -0.2) is 49.5 Å². The van der Waals surface area contributed by atoms with Crippen molar-refractivity contribution < 1.29 is 37.4 Å². The summed E-state index contributed by atoms with van der Waals surface area (Å²) in [6.45, 7) is 0. The predicted octanol–water partition coefficient (Wildman–Crippen LogP) is 7.09. The molecule has 13 heteroatoms. The van der Waals surface area contributed by atoms with Crippen molar-refractivity contribution in [2.75, 3.05) is 36.4 Å². The summed E-state index contributed by atoms with van der Waals surface area (Å²) < 4.78 is 36.5. The number of hydrogen-bond donors (Lipinski definition) is 2. The smallest absolute Gasteiger partial charge is 0.341 e. The molecule has 0 radical (unpaired) electrons. The molecule has 2 heterocycles. The molecule has 8 nitrogen and oxygen atoms in total. The van der Waals surface area contributed by atoms with Crippen LogP contribution < -0.4 is 10.6 Å². The second-order valence-corrected chi connectivity index (χ2v) is 11.9. The van der Waals surface area contributed by atoms with Crippen molar-refractivity contribution in [3.63, 3.8) is 0 Å². The van der Waals surface area contributed by atoms with Gasteiger partial charge in [-0.05, 0) is 35.4 Å². The number of nitrogens with one attached hydrogen (secondary N) is 2. The Morgan fingerprint density at radius 2 is 1.05 bits per heavy atom. The molecular formula is C30H26F2N2O6S3. The first-order valence-electron chi connectivity index (χ1n) is 12.8. The Balaban J connectivity index is 1.28. The van der Waals surface area contributed by atoms with Gasteiger partial charge in [0.2, 0.25) is 11.8 Å². The molecule has 4 rings (SSSR count). The molecule has 43 heavy (non-hydrogen) atoms. The lowest BCUT2D eigenvalue weighted by atomic mass is 10.0. The summed E-state index contributed by atoms with van der Waals surface area (Å²) in [5.74, 6) is -1.85. The standard InChI is InChI=1S/C30H26F2N2O6S3/c1-39-29(37)25-21(17-3-7-19(31)8-4-17)15-42-27(25)33-23(35)11-13-41-14-12-24(36)34-28-26(30(38)40-2)22(16-43-28)18-5-9-20(32)10-6-18/h3-10,15-16H,11-14H2,1-2H3,(H,33,35)(H,34,36). The van der Waals surface area contributed by atoms with Gasteiger partial charge in [0, 0.05) is 46.2 Å². The highest BCUT2D eigenvalue weighted by atomic mass is 32.2. The fraction of sp³-hybridized carbons (Fsp3) is 0.200. The maximum atomic E-state index is 13.4. The fourth-order valence-electron chi connectivity index (χ4n) is 4.00. The number of amides is 2. The summed E-state index contributed by atoms with van der Waals surface area (Å²) in [5, 5.41) is 9.56. The highest BCUT2D eigenvalue weighted by molar-refractivity contribution is 7.99. The zero-order valence-electron chi connectivity index (χ0n) is 23.0. The minimum atomic E-state index is -0.623. The van der Waals surface area contributed by atoms with E-state index in [9.17, 15) is 28.0 Å². The molecule has 0 saturated carbocycles. The first-order chi connectivity index (χ1) is 20.7. The topological polar surface area (TPSA) is 111 Å². The second kappa shape index (κ2) is 14.9. The van der Waals surface area contributed by atoms with Crippen molar-refractivity contribution in [1.29, 1.82) is 0 Å². The van der Waals surface area contributed by atoms with Crippen LogP contribution in [0, 0.1) is 11.6 Å². The van der Waals surface area contributed by atoms with Gasteiger partial charge in [-0.15, -0.1) is 22.7 Å². The fourth-order valence-corrected chi connectivity index (χ4v) is 6.81. The molecule has 224 valence electrons. The van der Waals surface area contributed by atoms with Crippen molar-refractivity contribution in [3.05, 3.63) is 82.1 Å². The first-order valence-corrected chi connectivity index (χ1v) is 15.7. The number of benzene rings is 2. The number of carbonyl (C=O) groups is 4. The van der Waals surface area contributed by atoms with Crippen LogP contribution in [0.5, 0.6) is 0 Å². The van der Waals surface area contributed by atoms with Crippen molar-refractivity contribution in [2.24, 2.45) is 0 Å². The lowest BCUT2D eigenvalue weighted by Gasteiger charge is -2.09. The first kappa shape index (κ1) is 31.9. The summed E-state index contributed by atoms with van der Waals surface area (Å²) in [6.07, 6.45) is 0.268. The third-order valence-corrected chi connectivity index (χ3v) is 8.90. The maximum Gasteiger partial charge on any atom is 0.341 e. The van der Waals surface area contributed by atoms with Gasteiger partial charge in [-0.2, -0.15) is 11.8 Å². The molecule has 2 N–H and O–H groups in total. The van der Waals surface area contributed by atoms with Crippen LogP contribution in [0.3, 0.4) is 0 Å². The Kier molecular flexibility index (Phi) is 11.0. The van der Waals surface area contributed by atoms with E-state index in [1.54, 1.807) is 35.0 Å². The largest absolute Gasteiger partial charge is 0.465 e. The summed E-state index contributed by atoms with van der Waals surface area (Å²) in [7, 11) is 2.48. The Hall–Kier alpha value is -4.07. The molecule has 0 saturated heterocycles. The van der Waals surface area contributed by atoms with Gasteiger partial charge in [-0.3, -0.25) is 9.59 Å². The molecule has 0 aliphatic heterocycles. The van der Waals surface area contributed by atoms with E-state index in [0.29, 0.717) is 43.8 Å². The molecule has 2 aromatic heterocycles. The van der Waals surface area contributed by atoms with Crippen LogP contribution in [0.25, 0.3) is 22.3 Å². The molecule has 0 aliphatic rings. The Morgan fingerprint density at radius 1 is 0.674 bits per heavy atom. The highest BCUT2D eigenvalue weighted by Crippen LogP contribution is 2.37. The van der Waals surface area contributed by atoms with Crippen LogP contribution in [0.1, 0.15) is 33.6 Å². The van der Waals surface area contributed by atoms with Gasteiger partial charge in [0.05, 0.1) is 14.2 Å². The predicted molar refractivity (Wildman–Crippen MR) is 166 cm³/mol. The third-order valence-electron chi connectivity index (χ3n) is 6.12. The number of carbonyl (C=O) groups excluding carboxylic acids is 4. The quantitative estimate of drug-likeness (QED) is 0.125. The van der Waals surface area contributed by atoms with Gasteiger partial charge in [0.15, 0.2) is 0 Å². The van der Waals surface area contributed by atoms with Crippen LogP contribution in [0.4, 0.5) is 18.8 Å². The van der Waals surface area contributed by atoms with Crippen molar-refractivity contribution in [1.82, 2.24) is 0 Å². The second-order valence-electron chi connectivity index (χ2n) is 8.91. The molecule has 0 atom stereocenters. The van der Waals surface area contributed by atoms with E-state index in [4.69, 9.17) is 9.47 Å². The van der Waals surface area contributed by atoms with Crippen molar-refractivity contribution >= 4 is 68.2 Å². The summed E-state index contributed by atoms with van der Waals surface area (Å²) in [6, 6.07) is 11.3. The zero-order chi connectivity index (χ0) is 30.9. The lowest BCUT2D eigenvalue weighted by molar-refractivity contribution is -0.116. The number of ether oxygens (including phenoxy) is 2. The third kappa shape index (κ3) is 8.06. The van der Waals surface area contributed by atoms with Gasteiger partial charge in [-0.25, -0.2) is 18.4 Å². The van der Waals surface area contributed by atoms with E-state index in [1.807, 2.05) is 0 Å². The van der Waals surface area contributed by atoms with E-state index in [-0.39, 0.29) is 35.8 Å². The number of methoxy groups -OCH3 is 2. The van der Waals surface area contributed by atoms with E-state index < -0.39 is 23.6 Å².